The van der Waals surface area contributed by atoms with Crippen molar-refractivity contribution in [3.05, 3.63) is 59.1 Å². The highest BCUT2D eigenvalue weighted by Gasteiger charge is 2.19. The summed E-state index contributed by atoms with van der Waals surface area (Å²) in [6.07, 6.45) is 0. The van der Waals surface area contributed by atoms with E-state index >= 15 is 0 Å². The minimum atomic E-state index is -0.452. The molecule has 0 heterocycles. The molecule has 18 heavy (non-hydrogen) atoms. The van der Waals surface area contributed by atoms with E-state index in [4.69, 9.17) is 16.9 Å². The summed E-state index contributed by atoms with van der Waals surface area (Å²) in [7, 11) is 0. The van der Waals surface area contributed by atoms with Crippen LogP contribution < -0.4 is 0 Å². The normalized spacial score (nSPS) is 11.0. The molecular weight excluding hydrogens is 242 g/mol. The second-order valence-corrected chi connectivity index (χ2v) is 5.26. The molecule has 0 radical (unpaired) electrons. The smallest absolute Gasteiger partial charge is 0.0766 e. The van der Waals surface area contributed by atoms with E-state index in [9.17, 15) is 0 Å². The third-order valence-corrected chi connectivity index (χ3v) is 3.28. The van der Waals surface area contributed by atoms with Gasteiger partial charge in [0.05, 0.1) is 11.5 Å². The molecule has 0 aliphatic heterocycles. The van der Waals surface area contributed by atoms with Gasteiger partial charge in [-0.05, 0) is 42.7 Å². The highest BCUT2D eigenvalue weighted by molar-refractivity contribution is 6.30. The average Bonchev–Trinajstić information content (AvgIpc) is 2.39. The van der Waals surface area contributed by atoms with Crippen LogP contribution in [0.15, 0.2) is 48.5 Å². The van der Waals surface area contributed by atoms with Gasteiger partial charge >= 0.3 is 0 Å². The lowest BCUT2D eigenvalue weighted by atomic mass is 9.85. The number of halogens is 1. The van der Waals surface area contributed by atoms with Crippen LogP contribution in [0.1, 0.15) is 19.4 Å². The third kappa shape index (κ3) is 2.55. The van der Waals surface area contributed by atoms with Gasteiger partial charge in [0.1, 0.15) is 0 Å². The van der Waals surface area contributed by atoms with Crippen molar-refractivity contribution in [1.82, 2.24) is 0 Å². The Morgan fingerprint density at radius 3 is 2.22 bits per heavy atom. The molecule has 0 aliphatic carbocycles. The molecule has 0 bridgehead atoms. The van der Waals surface area contributed by atoms with Crippen molar-refractivity contribution in [3.63, 3.8) is 0 Å². The average molecular weight is 256 g/mol. The van der Waals surface area contributed by atoms with Crippen LogP contribution in [0.3, 0.4) is 0 Å². The molecule has 2 heteroatoms. The van der Waals surface area contributed by atoms with Gasteiger partial charge in [-0.2, -0.15) is 5.26 Å². The van der Waals surface area contributed by atoms with Crippen molar-refractivity contribution in [2.24, 2.45) is 0 Å². The molecule has 2 aromatic rings. The third-order valence-electron chi connectivity index (χ3n) is 3.04. The Morgan fingerprint density at radius 2 is 1.67 bits per heavy atom. The fourth-order valence-corrected chi connectivity index (χ4v) is 2.00. The second-order valence-electron chi connectivity index (χ2n) is 4.82. The highest BCUT2D eigenvalue weighted by atomic mass is 35.5. The van der Waals surface area contributed by atoms with Gasteiger partial charge in [-0.3, -0.25) is 0 Å². The van der Waals surface area contributed by atoms with Gasteiger partial charge in [-0.15, -0.1) is 0 Å². The molecule has 0 N–H and O–H groups in total. The van der Waals surface area contributed by atoms with Crippen molar-refractivity contribution in [2.45, 2.75) is 19.3 Å². The van der Waals surface area contributed by atoms with Gasteiger partial charge in [0.25, 0.3) is 0 Å². The SMILES string of the molecule is CC(C)(C#N)c1ccc(-c2cccc(Cl)c2)cc1. The molecule has 0 fully saturated rings. The first-order chi connectivity index (χ1) is 8.53. The zero-order valence-electron chi connectivity index (χ0n) is 10.4. The number of hydrogen-bond donors (Lipinski definition) is 0. The van der Waals surface area contributed by atoms with Crippen LogP contribution >= 0.6 is 11.6 Å². The van der Waals surface area contributed by atoms with Crippen LogP contribution in [0.4, 0.5) is 0 Å². The lowest BCUT2D eigenvalue weighted by Gasteiger charge is -2.16. The maximum atomic E-state index is 9.10. The van der Waals surface area contributed by atoms with E-state index in [0.29, 0.717) is 0 Å². The van der Waals surface area contributed by atoms with Crippen LogP contribution in [0, 0.1) is 11.3 Å². The molecular formula is C16H14ClN. The second kappa shape index (κ2) is 4.84. The van der Waals surface area contributed by atoms with Crippen LogP contribution in [0.25, 0.3) is 11.1 Å². The lowest BCUT2D eigenvalue weighted by Crippen LogP contribution is -2.13. The zero-order chi connectivity index (χ0) is 13.2. The van der Waals surface area contributed by atoms with E-state index in [-0.39, 0.29) is 0 Å². The van der Waals surface area contributed by atoms with Crippen molar-refractivity contribution >= 4 is 11.6 Å². The van der Waals surface area contributed by atoms with Crippen molar-refractivity contribution in [1.29, 1.82) is 5.26 Å². The Morgan fingerprint density at radius 1 is 1.00 bits per heavy atom. The summed E-state index contributed by atoms with van der Waals surface area (Å²) < 4.78 is 0. The summed E-state index contributed by atoms with van der Waals surface area (Å²) in [5.41, 5.74) is 2.77. The number of hydrogen-bond acceptors (Lipinski definition) is 1. The summed E-state index contributed by atoms with van der Waals surface area (Å²) >= 11 is 5.98. The van der Waals surface area contributed by atoms with E-state index in [0.717, 1.165) is 21.7 Å². The van der Waals surface area contributed by atoms with Gasteiger partial charge in [0.2, 0.25) is 0 Å². The van der Waals surface area contributed by atoms with Gasteiger partial charge in [-0.25, -0.2) is 0 Å². The fraction of sp³-hybridized carbons (Fsp3) is 0.188. The molecule has 0 aromatic heterocycles. The Labute approximate surface area is 113 Å². The van der Waals surface area contributed by atoms with Crippen molar-refractivity contribution < 1.29 is 0 Å². The van der Waals surface area contributed by atoms with E-state index in [1.54, 1.807) is 0 Å². The minimum Gasteiger partial charge on any atom is -0.197 e. The van der Waals surface area contributed by atoms with Crippen molar-refractivity contribution in [2.75, 3.05) is 0 Å². The van der Waals surface area contributed by atoms with Gasteiger partial charge < -0.3 is 0 Å². The first kappa shape index (κ1) is 12.7. The van der Waals surface area contributed by atoms with Crippen LogP contribution in [-0.2, 0) is 5.41 Å². The standard InChI is InChI=1S/C16H14ClN/c1-16(2,11-18)14-8-6-12(7-9-14)13-4-3-5-15(17)10-13/h3-10H,1-2H3. The van der Waals surface area contributed by atoms with Gasteiger partial charge in [-0.1, -0.05) is 48.0 Å². The molecule has 0 unspecified atom stereocenters. The molecule has 2 aromatic carbocycles. The molecule has 1 nitrogen and oxygen atoms in total. The topological polar surface area (TPSA) is 23.8 Å². The highest BCUT2D eigenvalue weighted by Crippen LogP contribution is 2.27. The maximum Gasteiger partial charge on any atom is 0.0766 e. The van der Waals surface area contributed by atoms with E-state index < -0.39 is 5.41 Å². The monoisotopic (exact) mass is 255 g/mol. The quantitative estimate of drug-likeness (QED) is 0.756. The van der Waals surface area contributed by atoms with E-state index in [2.05, 4.69) is 6.07 Å². The van der Waals surface area contributed by atoms with Crippen molar-refractivity contribution in [3.8, 4) is 17.2 Å². The molecule has 0 aliphatic rings. The Balaban J connectivity index is 2.37. The molecule has 90 valence electrons. The summed E-state index contributed by atoms with van der Waals surface area (Å²) in [5.74, 6) is 0. The van der Waals surface area contributed by atoms with Crippen LogP contribution in [0.5, 0.6) is 0 Å². The first-order valence-corrected chi connectivity index (χ1v) is 6.18. The lowest BCUT2D eigenvalue weighted by molar-refractivity contribution is 0.687. The predicted molar refractivity (Wildman–Crippen MR) is 75.5 cm³/mol. The number of rotatable bonds is 2. The largest absolute Gasteiger partial charge is 0.197 e. The molecule has 0 atom stereocenters. The number of nitrogens with zero attached hydrogens (tertiary/aromatic N) is 1. The summed E-state index contributed by atoms with van der Waals surface area (Å²) in [6.45, 7) is 3.84. The fourth-order valence-electron chi connectivity index (χ4n) is 1.81. The Kier molecular flexibility index (Phi) is 3.41. The predicted octanol–water partition coefficient (Wildman–Crippen LogP) is 4.81. The van der Waals surface area contributed by atoms with Gasteiger partial charge in [0, 0.05) is 5.02 Å². The molecule has 2 rings (SSSR count). The summed E-state index contributed by atoms with van der Waals surface area (Å²) in [5, 5.41) is 9.83. The first-order valence-electron chi connectivity index (χ1n) is 5.81. The van der Waals surface area contributed by atoms with E-state index in [1.165, 1.54) is 0 Å². The molecule has 0 amide bonds. The minimum absolute atomic E-state index is 0.452. The van der Waals surface area contributed by atoms with Crippen LogP contribution in [0.2, 0.25) is 5.02 Å². The molecule has 0 saturated carbocycles. The maximum absolute atomic E-state index is 9.10. The van der Waals surface area contributed by atoms with E-state index in [1.807, 2.05) is 62.4 Å². The Hall–Kier alpha value is -1.78. The van der Waals surface area contributed by atoms with Gasteiger partial charge in [0.15, 0.2) is 0 Å². The summed E-state index contributed by atoms with van der Waals surface area (Å²) in [4.78, 5) is 0. The summed E-state index contributed by atoms with van der Waals surface area (Å²) in [6, 6.07) is 18.1. The number of nitriles is 1. The molecule has 0 saturated heterocycles. The van der Waals surface area contributed by atoms with Crippen LogP contribution in [-0.4, -0.2) is 0 Å². The Bertz CT molecular complexity index is 591. The molecule has 0 spiro atoms. The number of benzene rings is 2. The zero-order valence-corrected chi connectivity index (χ0v) is 11.2.